The first-order valence-corrected chi connectivity index (χ1v) is 9.68. The molecule has 2 aliphatic rings. The molecule has 1 spiro atoms. The van der Waals surface area contributed by atoms with Crippen molar-refractivity contribution in [2.24, 2.45) is 12.5 Å². The highest BCUT2D eigenvalue weighted by Gasteiger charge is 2.43. The van der Waals surface area contributed by atoms with E-state index < -0.39 is 11.7 Å². The third-order valence-electron chi connectivity index (χ3n) is 5.85. The Hall–Kier alpha value is -2.11. The molecule has 26 heavy (non-hydrogen) atoms. The number of carbonyl (C=O) groups is 3. The zero-order valence-electron chi connectivity index (χ0n) is 15.9. The monoisotopic (exact) mass is 359 g/mol. The predicted octanol–water partition coefficient (Wildman–Crippen LogP) is 2.24. The summed E-state index contributed by atoms with van der Waals surface area (Å²) in [6, 6.07) is 3.46. The fourth-order valence-corrected chi connectivity index (χ4v) is 4.32. The molecule has 3 rings (SSSR count). The SMILES string of the molecule is CCCCN1CC2(CCCN(C(=O)C(=O)c3cccn3C)C2)CCC1=O. The topological polar surface area (TPSA) is 62.6 Å². The number of unbranched alkanes of at least 4 members (excludes halogenated alkanes) is 1. The number of rotatable bonds is 5. The second-order valence-corrected chi connectivity index (χ2v) is 7.83. The van der Waals surface area contributed by atoms with Crippen LogP contribution >= 0.6 is 0 Å². The van der Waals surface area contributed by atoms with E-state index >= 15 is 0 Å². The Balaban J connectivity index is 1.70. The van der Waals surface area contributed by atoms with Crippen LogP contribution in [0.25, 0.3) is 0 Å². The van der Waals surface area contributed by atoms with Gasteiger partial charge >= 0.3 is 0 Å². The number of hydrogen-bond acceptors (Lipinski definition) is 3. The molecule has 0 bridgehead atoms. The molecule has 2 saturated heterocycles. The van der Waals surface area contributed by atoms with Gasteiger partial charge in [0.15, 0.2) is 0 Å². The number of ketones is 1. The van der Waals surface area contributed by atoms with E-state index in [0.717, 1.165) is 38.6 Å². The van der Waals surface area contributed by atoms with Crippen LogP contribution in [0.3, 0.4) is 0 Å². The summed E-state index contributed by atoms with van der Waals surface area (Å²) in [6.07, 6.45) is 7.13. The molecule has 6 heteroatoms. The number of nitrogens with zero attached hydrogens (tertiary/aromatic N) is 3. The number of piperidine rings is 2. The molecule has 0 aromatic carbocycles. The van der Waals surface area contributed by atoms with Crippen molar-refractivity contribution in [1.29, 1.82) is 0 Å². The Morgan fingerprint density at radius 2 is 2.04 bits per heavy atom. The lowest BCUT2D eigenvalue weighted by atomic mass is 9.73. The number of carbonyl (C=O) groups excluding carboxylic acids is 3. The van der Waals surface area contributed by atoms with Gasteiger partial charge in [0.05, 0.1) is 5.69 Å². The second-order valence-electron chi connectivity index (χ2n) is 7.83. The van der Waals surface area contributed by atoms with E-state index in [-0.39, 0.29) is 11.3 Å². The van der Waals surface area contributed by atoms with Gasteiger partial charge in [0.25, 0.3) is 11.7 Å². The molecule has 2 fully saturated rings. The van der Waals surface area contributed by atoms with Gasteiger partial charge in [-0.2, -0.15) is 0 Å². The Kier molecular flexibility index (Phi) is 5.49. The van der Waals surface area contributed by atoms with Crippen molar-refractivity contribution >= 4 is 17.6 Å². The van der Waals surface area contributed by atoms with Crippen molar-refractivity contribution in [1.82, 2.24) is 14.4 Å². The summed E-state index contributed by atoms with van der Waals surface area (Å²) in [6.45, 7) is 4.85. The van der Waals surface area contributed by atoms with Gasteiger partial charge in [0.2, 0.25) is 5.91 Å². The van der Waals surface area contributed by atoms with Crippen LogP contribution in [0.1, 0.15) is 55.9 Å². The highest BCUT2D eigenvalue weighted by molar-refractivity contribution is 6.42. The van der Waals surface area contributed by atoms with Crippen LogP contribution in [-0.4, -0.2) is 58.1 Å². The molecule has 1 aromatic rings. The molecule has 3 heterocycles. The Bertz CT molecular complexity index is 696. The highest BCUT2D eigenvalue weighted by atomic mass is 16.2. The number of likely N-dealkylation sites (tertiary alicyclic amines) is 2. The molecule has 2 aliphatic heterocycles. The lowest BCUT2D eigenvalue weighted by molar-refractivity contribution is -0.141. The average molecular weight is 359 g/mol. The predicted molar refractivity (Wildman–Crippen MR) is 98.7 cm³/mol. The van der Waals surface area contributed by atoms with Crippen molar-refractivity contribution in [2.75, 3.05) is 26.2 Å². The molecular weight excluding hydrogens is 330 g/mol. The van der Waals surface area contributed by atoms with Gasteiger partial charge in [-0.3, -0.25) is 14.4 Å². The van der Waals surface area contributed by atoms with Crippen molar-refractivity contribution in [3.8, 4) is 0 Å². The summed E-state index contributed by atoms with van der Waals surface area (Å²) in [4.78, 5) is 41.3. The van der Waals surface area contributed by atoms with Gasteiger partial charge in [0.1, 0.15) is 0 Å². The van der Waals surface area contributed by atoms with E-state index in [1.54, 1.807) is 34.8 Å². The maximum Gasteiger partial charge on any atom is 0.296 e. The van der Waals surface area contributed by atoms with E-state index in [1.807, 2.05) is 4.90 Å². The van der Waals surface area contributed by atoms with Crippen LogP contribution in [0.5, 0.6) is 0 Å². The zero-order valence-corrected chi connectivity index (χ0v) is 15.9. The molecule has 0 aliphatic carbocycles. The second kappa shape index (κ2) is 7.64. The number of Topliss-reactive ketones (excluding diaryl/α,β-unsaturated/α-hetero) is 1. The fraction of sp³-hybridized carbons (Fsp3) is 0.650. The molecule has 142 valence electrons. The van der Waals surface area contributed by atoms with E-state index in [4.69, 9.17) is 0 Å². The van der Waals surface area contributed by atoms with E-state index in [2.05, 4.69) is 6.92 Å². The standard InChI is InChI=1S/C20H29N3O3/c1-3-4-12-22-14-20(10-8-17(22)24)9-6-13-23(15-20)19(26)18(25)16-7-5-11-21(16)2/h5,7,11H,3-4,6,8-10,12-15H2,1-2H3. The van der Waals surface area contributed by atoms with Gasteiger partial charge in [-0.05, 0) is 37.8 Å². The van der Waals surface area contributed by atoms with Crippen molar-refractivity contribution < 1.29 is 14.4 Å². The average Bonchev–Trinajstić information content (AvgIpc) is 3.07. The van der Waals surface area contributed by atoms with E-state index in [1.165, 1.54) is 0 Å². The van der Waals surface area contributed by atoms with E-state index in [0.29, 0.717) is 31.7 Å². The normalized spacial score (nSPS) is 23.5. The minimum Gasteiger partial charge on any atom is -0.348 e. The summed E-state index contributed by atoms with van der Waals surface area (Å²) < 4.78 is 1.69. The Morgan fingerprint density at radius 3 is 2.73 bits per heavy atom. The molecular formula is C20H29N3O3. The molecule has 2 amide bonds. The first-order valence-electron chi connectivity index (χ1n) is 9.68. The maximum atomic E-state index is 12.8. The molecule has 1 aromatic heterocycles. The number of amides is 2. The quantitative estimate of drug-likeness (QED) is 0.598. The molecule has 6 nitrogen and oxygen atoms in total. The highest BCUT2D eigenvalue weighted by Crippen LogP contribution is 2.39. The number of hydrogen-bond donors (Lipinski definition) is 0. The summed E-state index contributed by atoms with van der Waals surface area (Å²) in [5.74, 6) is -0.625. The van der Waals surface area contributed by atoms with E-state index in [9.17, 15) is 14.4 Å². The maximum absolute atomic E-state index is 12.8. The molecule has 0 radical (unpaired) electrons. The smallest absolute Gasteiger partial charge is 0.296 e. The molecule has 1 unspecified atom stereocenters. The van der Waals surface area contributed by atoms with Crippen molar-refractivity contribution in [3.63, 3.8) is 0 Å². The third kappa shape index (κ3) is 3.69. The van der Waals surface area contributed by atoms with Crippen molar-refractivity contribution in [3.05, 3.63) is 24.0 Å². The van der Waals surface area contributed by atoms with Gasteiger partial charge in [-0.15, -0.1) is 0 Å². The Labute approximate surface area is 155 Å². The number of aromatic nitrogens is 1. The molecule has 1 atom stereocenters. The first-order chi connectivity index (χ1) is 12.5. The first kappa shape index (κ1) is 18.7. The van der Waals surface area contributed by atoms with Crippen LogP contribution in [0.15, 0.2) is 18.3 Å². The lowest BCUT2D eigenvalue weighted by Crippen LogP contribution is -2.56. The van der Waals surface area contributed by atoms with Crippen LogP contribution in [0, 0.1) is 5.41 Å². The summed E-state index contributed by atoms with van der Waals surface area (Å²) in [5, 5.41) is 0. The largest absolute Gasteiger partial charge is 0.348 e. The van der Waals surface area contributed by atoms with Crippen LogP contribution in [0.4, 0.5) is 0 Å². The third-order valence-corrected chi connectivity index (χ3v) is 5.85. The van der Waals surface area contributed by atoms with Crippen LogP contribution in [0.2, 0.25) is 0 Å². The summed E-state index contributed by atoms with van der Waals surface area (Å²) in [5.41, 5.74) is 0.377. The number of aryl methyl sites for hydroxylation is 1. The van der Waals surface area contributed by atoms with Crippen LogP contribution < -0.4 is 0 Å². The van der Waals surface area contributed by atoms with Gasteiger partial charge < -0.3 is 14.4 Å². The zero-order chi connectivity index (χ0) is 18.7. The molecule has 0 N–H and O–H groups in total. The van der Waals surface area contributed by atoms with Gasteiger partial charge in [-0.25, -0.2) is 0 Å². The van der Waals surface area contributed by atoms with Gasteiger partial charge in [0, 0.05) is 51.3 Å². The minimum absolute atomic E-state index is 0.0515. The van der Waals surface area contributed by atoms with Crippen LogP contribution in [-0.2, 0) is 16.6 Å². The molecule has 0 saturated carbocycles. The summed E-state index contributed by atoms with van der Waals surface area (Å²) in [7, 11) is 1.77. The lowest BCUT2D eigenvalue weighted by Gasteiger charge is -2.48. The fourth-order valence-electron chi connectivity index (χ4n) is 4.32. The Morgan fingerprint density at radius 1 is 1.23 bits per heavy atom. The van der Waals surface area contributed by atoms with Crippen molar-refractivity contribution in [2.45, 2.75) is 45.4 Å². The summed E-state index contributed by atoms with van der Waals surface area (Å²) >= 11 is 0. The van der Waals surface area contributed by atoms with Gasteiger partial charge in [-0.1, -0.05) is 13.3 Å². The minimum atomic E-state index is -0.440.